The monoisotopic (exact) mass is 329 g/mol. The molecule has 1 amide bonds. The van der Waals surface area contributed by atoms with E-state index in [1.54, 1.807) is 18.3 Å². The zero-order chi connectivity index (χ0) is 16.9. The number of rotatable bonds is 5. The standard InChI is InChI=1S/C19H24FN3O/c1-15(13-16-6-8-17(20)9-7-16)19(24)23-12-3-2-5-18(23)14-22-11-4-10-21-22/h4,6-11,15,18H,2-3,5,12-14H2,1H3/t15-,18-/m0/s1. The average Bonchev–Trinajstić information content (AvgIpc) is 3.10. The second-order valence-corrected chi connectivity index (χ2v) is 6.64. The summed E-state index contributed by atoms with van der Waals surface area (Å²) in [6.45, 7) is 3.53. The van der Waals surface area contributed by atoms with Crippen LogP contribution in [0.25, 0.3) is 0 Å². The van der Waals surface area contributed by atoms with Gasteiger partial charge in [0.2, 0.25) is 5.91 Å². The number of aromatic nitrogens is 2. The van der Waals surface area contributed by atoms with Crippen LogP contribution in [0.5, 0.6) is 0 Å². The lowest BCUT2D eigenvalue weighted by atomic mass is 9.96. The molecule has 1 aromatic heterocycles. The molecular formula is C19H24FN3O. The van der Waals surface area contributed by atoms with Gasteiger partial charge in [-0.1, -0.05) is 19.1 Å². The zero-order valence-electron chi connectivity index (χ0n) is 14.1. The highest BCUT2D eigenvalue weighted by Gasteiger charge is 2.29. The highest BCUT2D eigenvalue weighted by atomic mass is 19.1. The van der Waals surface area contributed by atoms with Crippen molar-refractivity contribution in [3.8, 4) is 0 Å². The molecule has 0 radical (unpaired) electrons. The molecule has 0 aliphatic carbocycles. The van der Waals surface area contributed by atoms with Gasteiger partial charge in [0.25, 0.3) is 0 Å². The van der Waals surface area contributed by atoms with Crippen LogP contribution in [-0.4, -0.2) is 33.2 Å². The maximum atomic E-state index is 13.0. The summed E-state index contributed by atoms with van der Waals surface area (Å²) in [6.07, 6.45) is 7.59. The van der Waals surface area contributed by atoms with Crippen molar-refractivity contribution < 1.29 is 9.18 Å². The number of likely N-dealkylation sites (tertiary alicyclic amines) is 1. The van der Waals surface area contributed by atoms with Crippen LogP contribution < -0.4 is 0 Å². The van der Waals surface area contributed by atoms with Crippen molar-refractivity contribution in [2.75, 3.05) is 6.54 Å². The average molecular weight is 329 g/mol. The first kappa shape index (κ1) is 16.7. The van der Waals surface area contributed by atoms with Crippen LogP contribution in [0, 0.1) is 11.7 Å². The summed E-state index contributed by atoms with van der Waals surface area (Å²) in [5.41, 5.74) is 0.998. The second kappa shape index (κ2) is 7.60. The summed E-state index contributed by atoms with van der Waals surface area (Å²) in [6, 6.07) is 8.54. The third kappa shape index (κ3) is 4.02. The summed E-state index contributed by atoms with van der Waals surface area (Å²) >= 11 is 0. The summed E-state index contributed by atoms with van der Waals surface area (Å²) in [5.74, 6) is -0.155. The third-order valence-electron chi connectivity index (χ3n) is 4.74. The predicted octanol–water partition coefficient (Wildman–Crippen LogP) is 3.28. The van der Waals surface area contributed by atoms with Gasteiger partial charge in [0, 0.05) is 24.9 Å². The molecule has 24 heavy (non-hydrogen) atoms. The number of benzene rings is 1. The van der Waals surface area contributed by atoms with Gasteiger partial charge in [-0.3, -0.25) is 9.48 Å². The first-order valence-electron chi connectivity index (χ1n) is 8.66. The lowest BCUT2D eigenvalue weighted by Gasteiger charge is -2.37. The lowest BCUT2D eigenvalue weighted by Crippen LogP contribution is -2.48. The Morgan fingerprint density at radius 1 is 1.33 bits per heavy atom. The Balaban J connectivity index is 1.65. The number of piperidine rings is 1. The van der Waals surface area contributed by atoms with E-state index in [1.807, 2.05) is 28.8 Å². The number of nitrogens with zero attached hydrogens (tertiary/aromatic N) is 3. The van der Waals surface area contributed by atoms with Gasteiger partial charge in [-0.15, -0.1) is 0 Å². The van der Waals surface area contributed by atoms with E-state index in [0.29, 0.717) is 6.42 Å². The van der Waals surface area contributed by atoms with E-state index in [9.17, 15) is 9.18 Å². The normalized spacial score (nSPS) is 19.2. The Bertz CT molecular complexity index is 654. The molecule has 0 bridgehead atoms. The quantitative estimate of drug-likeness (QED) is 0.844. The van der Waals surface area contributed by atoms with Crippen molar-refractivity contribution in [3.05, 3.63) is 54.1 Å². The minimum Gasteiger partial charge on any atom is -0.338 e. The van der Waals surface area contributed by atoms with Crippen molar-refractivity contribution in [2.24, 2.45) is 5.92 Å². The molecule has 1 saturated heterocycles. The van der Waals surface area contributed by atoms with Gasteiger partial charge in [0.15, 0.2) is 0 Å². The van der Waals surface area contributed by atoms with Gasteiger partial charge in [-0.2, -0.15) is 5.10 Å². The maximum Gasteiger partial charge on any atom is 0.226 e. The van der Waals surface area contributed by atoms with E-state index in [0.717, 1.165) is 37.9 Å². The molecule has 128 valence electrons. The molecule has 2 atom stereocenters. The zero-order valence-corrected chi connectivity index (χ0v) is 14.1. The van der Waals surface area contributed by atoms with Gasteiger partial charge in [-0.05, 0) is 49.4 Å². The summed E-state index contributed by atoms with van der Waals surface area (Å²) in [7, 11) is 0. The molecule has 1 aliphatic rings. The second-order valence-electron chi connectivity index (χ2n) is 6.64. The molecule has 5 heteroatoms. The molecule has 3 rings (SSSR count). The minimum atomic E-state index is -0.243. The van der Waals surface area contributed by atoms with Gasteiger partial charge in [0.05, 0.1) is 12.6 Å². The van der Waals surface area contributed by atoms with E-state index in [4.69, 9.17) is 0 Å². The molecule has 0 spiro atoms. The van der Waals surface area contributed by atoms with Crippen molar-refractivity contribution in [2.45, 2.75) is 45.2 Å². The van der Waals surface area contributed by atoms with E-state index >= 15 is 0 Å². The smallest absolute Gasteiger partial charge is 0.226 e. The number of halogens is 1. The maximum absolute atomic E-state index is 13.0. The van der Waals surface area contributed by atoms with Gasteiger partial charge in [0.1, 0.15) is 5.82 Å². The Morgan fingerprint density at radius 3 is 2.83 bits per heavy atom. The van der Waals surface area contributed by atoms with E-state index < -0.39 is 0 Å². The molecule has 2 heterocycles. The molecule has 1 fully saturated rings. The number of carbonyl (C=O) groups is 1. The Hall–Kier alpha value is -2.17. The topological polar surface area (TPSA) is 38.1 Å². The van der Waals surface area contributed by atoms with Gasteiger partial charge in [-0.25, -0.2) is 4.39 Å². The fourth-order valence-corrected chi connectivity index (χ4v) is 3.45. The molecule has 0 saturated carbocycles. The van der Waals surface area contributed by atoms with Crippen molar-refractivity contribution in [3.63, 3.8) is 0 Å². The number of hydrogen-bond acceptors (Lipinski definition) is 2. The molecule has 0 unspecified atom stereocenters. The van der Waals surface area contributed by atoms with E-state index in [2.05, 4.69) is 5.10 Å². The van der Waals surface area contributed by atoms with E-state index in [-0.39, 0.29) is 23.7 Å². The van der Waals surface area contributed by atoms with Crippen LogP contribution in [-0.2, 0) is 17.8 Å². The highest BCUT2D eigenvalue weighted by Crippen LogP contribution is 2.22. The van der Waals surface area contributed by atoms with Crippen LogP contribution in [0.3, 0.4) is 0 Å². The predicted molar refractivity (Wildman–Crippen MR) is 90.8 cm³/mol. The molecule has 1 aromatic carbocycles. The molecule has 1 aliphatic heterocycles. The van der Waals surface area contributed by atoms with Crippen molar-refractivity contribution in [1.82, 2.24) is 14.7 Å². The van der Waals surface area contributed by atoms with Crippen LogP contribution in [0.1, 0.15) is 31.7 Å². The summed E-state index contributed by atoms with van der Waals surface area (Å²) < 4.78 is 14.9. The van der Waals surface area contributed by atoms with Crippen LogP contribution in [0.4, 0.5) is 4.39 Å². The first-order chi connectivity index (χ1) is 11.6. The fourth-order valence-electron chi connectivity index (χ4n) is 3.45. The van der Waals surface area contributed by atoms with Crippen molar-refractivity contribution in [1.29, 1.82) is 0 Å². The highest BCUT2D eigenvalue weighted by molar-refractivity contribution is 5.79. The molecular weight excluding hydrogens is 305 g/mol. The Labute approximate surface area is 142 Å². The lowest BCUT2D eigenvalue weighted by molar-refractivity contribution is -0.139. The molecule has 4 nitrogen and oxygen atoms in total. The van der Waals surface area contributed by atoms with Crippen LogP contribution >= 0.6 is 0 Å². The van der Waals surface area contributed by atoms with Crippen molar-refractivity contribution >= 4 is 5.91 Å². The first-order valence-corrected chi connectivity index (χ1v) is 8.66. The van der Waals surface area contributed by atoms with Gasteiger partial charge < -0.3 is 4.90 Å². The van der Waals surface area contributed by atoms with Crippen LogP contribution in [0.15, 0.2) is 42.7 Å². The molecule has 2 aromatic rings. The van der Waals surface area contributed by atoms with Gasteiger partial charge >= 0.3 is 0 Å². The number of hydrogen-bond donors (Lipinski definition) is 0. The Morgan fingerprint density at radius 2 is 2.12 bits per heavy atom. The third-order valence-corrected chi connectivity index (χ3v) is 4.74. The van der Waals surface area contributed by atoms with Crippen LogP contribution in [0.2, 0.25) is 0 Å². The number of carbonyl (C=O) groups excluding carboxylic acids is 1. The van der Waals surface area contributed by atoms with E-state index in [1.165, 1.54) is 12.1 Å². The Kier molecular flexibility index (Phi) is 5.28. The summed E-state index contributed by atoms with van der Waals surface area (Å²) in [5, 5.41) is 4.27. The largest absolute Gasteiger partial charge is 0.338 e. The molecule has 0 N–H and O–H groups in total. The number of amides is 1. The SMILES string of the molecule is C[C@@H](Cc1ccc(F)cc1)C(=O)N1CCCC[C@H]1Cn1cccn1. The summed E-state index contributed by atoms with van der Waals surface area (Å²) in [4.78, 5) is 15.0. The fraction of sp³-hybridized carbons (Fsp3) is 0.474. The minimum absolute atomic E-state index is 0.103.